The zero-order valence-electron chi connectivity index (χ0n) is 9.26. The molecular weight excluding hydrogens is 164 g/mol. The zero-order chi connectivity index (χ0) is 10.5. The molecule has 0 aliphatic rings. The average molecular weight is 186 g/mol. The molecule has 0 aliphatic heterocycles. The van der Waals surface area contributed by atoms with Crippen LogP contribution in [0.1, 0.15) is 47.0 Å². The van der Waals surface area contributed by atoms with Gasteiger partial charge in [-0.3, -0.25) is 4.79 Å². The van der Waals surface area contributed by atoms with Crippen molar-refractivity contribution in [1.82, 2.24) is 0 Å². The summed E-state index contributed by atoms with van der Waals surface area (Å²) in [4.78, 5) is 11.7. The van der Waals surface area contributed by atoms with Crippen molar-refractivity contribution >= 4 is 5.78 Å². The van der Waals surface area contributed by atoms with Gasteiger partial charge >= 0.3 is 0 Å². The fourth-order valence-electron chi connectivity index (χ4n) is 1.43. The van der Waals surface area contributed by atoms with E-state index in [1.807, 2.05) is 27.7 Å². The molecule has 1 unspecified atom stereocenters. The van der Waals surface area contributed by atoms with Crippen LogP contribution >= 0.6 is 0 Å². The largest absolute Gasteiger partial charge is 0.396 e. The van der Waals surface area contributed by atoms with Crippen molar-refractivity contribution < 1.29 is 9.90 Å². The maximum Gasteiger partial charge on any atom is 0.140 e. The Morgan fingerprint density at radius 2 is 1.85 bits per heavy atom. The van der Waals surface area contributed by atoms with Gasteiger partial charge in [-0.15, -0.1) is 0 Å². The Morgan fingerprint density at radius 3 is 2.23 bits per heavy atom. The summed E-state index contributed by atoms with van der Waals surface area (Å²) in [5.41, 5.74) is -0.224. The fourth-order valence-corrected chi connectivity index (χ4v) is 1.43. The fraction of sp³-hybridized carbons (Fsp3) is 0.909. The van der Waals surface area contributed by atoms with E-state index in [1.54, 1.807) is 0 Å². The number of hydrogen-bond acceptors (Lipinski definition) is 2. The van der Waals surface area contributed by atoms with Crippen LogP contribution in [0.15, 0.2) is 0 Å². The molecule has 0 saturated heterocycles. The predicted octanol–water partition coefficient (Wildman–Crippen LogP) is 2.40. The molecule has 2 heteroatoms. The van der Waals surface area contributed by atoms with Crippen LogP contribution in [-0.2, 0) is 4.79 Å². The molecule has 1 N–H and O–H groups in total. The Balaban J connectivity index is 3.84. The van der Waals surface area contributed by atoms with Crippen LogP contribution in [0.4, 0.5) is 0 Å². The van der Waals surface area contributed by atoms with Crippen molar-refractivity contribution in [2.45, 2.75) is 47.0 Å². The summed E-state index contributed by atoms with van der Waals surface area (Å²) in [6.45, 7) is 8.08. The predicted molar refractivity (Wildman–Crippen MR) is 54.6 cm³/mol. The van der Waals surface area contributed by atoms with Crippen molar-refractivity contribution in [2.75, 3.05) is 6.61 Å². The molecule has 0 aromatic rings. The summed E-state index contributed by atoms with van der Waals surface area (Å²) in [6, 6.07) is 0. The maximum absolute atomic E-state index is 11.7. The standard InChI is InChI=1S/C11H22O2/c1-9(7-5-6-8-12)10(13)11(2,3)4/h9,12H,5-8H2,1-4H3. The first-order chi connectivity index (χ1) is 5.89. The van der Waals surface area contributed by atoms with Gasteiger partial charge in [-0.1, -0.05) is 34.1 Å². The van der Waals surface area contributed by atoms with Gasteiger partial charge in [0.05, 0.1) is 0 Å². The van der Waals surface area contributed by atoms with E-state index in [1.165, 1.54) is 0 Å². The van der Waals surface area contributed by atoms with Gasteiger partial charge in [-0.05, 0) is 12.8 Å². The average Bonchev–Trinajstić information content (AvgIpc) is 2.01. The van der Waals surface area contributed by atoms with Gasteiger partial charge in [-0.2, -0.15) is 0 Å². The highest BCUT2D eigenvalue weighted by molar-refractivity contribution is 5.85. The van der Waals surface area contributed by atoms with E-state index in [0.29, 0.717) is 5.78 Å². The first-order valence-electron chi connectivity index (χ1n) is 5.04. The molecule has 0 heterocycles. The quantitative estimate of drug-likeness (QED) is 0.669. The highest BCUT2D eigenvalue weighted by atomic mass is 16.2. The van der Waals surface area contributed by atoms with Crippen molar-refractivity contribution in [3.8, 4) is 0 Å². The molecule has 13 heavy (non-hydrogen) atoms. The third kappa shape index (κ3) is 5.04. The number of aliphatic hydroxyl groups excluding tert-OH is 1. The molecule has 0 aromatic carbocycles. The molecule has 0 bridgehead atoms. The van der Waals surface area contributed by atoms with Gasteiger partial charge in [-0.25, -0.2) is 0 Å². The van der Waals surface area contributed by atoms with Gasteiger partial charge in [0.15, 0.2) is 0 Å². The van der Waals surface area contributed by atoms with E-state index >= 15 is 0 Å². The van der Waals surface area contributed by atoms with Crippen molar-refractivity contribution in [2.24, 2.45) is 11.3 Å². The topological polar surface area (TPSA) is 37.3 Å². The number of carbonyl (C=O) groups excluding carboxylic acids is 1. The second-order valence-corrected chi connectivity index (χ2v) is 4.73. The van der Waals surface area contributed by atoms with Crippen LogP contribution in [0.5, 0.6) is 0 Å². The SMILES string of the molecule is CC(CCCCO)C(=O)C(C)(C)C. The number of hydrogen-bond donors (Lipinski definition) is 1. The second-order valence-electron chi connectivity index (χ2n) is 4.73. The number of unbranched alkanes of at least 4 members (excludes halogenated alkanes) is 1. The van der Waals surface area contributed by atoms with E-state index in [-0.39, 0.29) is 17.9 Å². The third-order valence-corrected chi connectivity index (χ3v) is 2.23. The van der Waals surface area contributed by atoms with Gasteiger partial charge in [0, 0.05) is 17.9 Å². The van der Waals surface area contributed by atoms with Gasteiger partial charge in [0.25, 0.3) is 0 Å². The third-order valence-electron chi connectivity index (χ3n) is 2.23. The molecule has 0 amide bonds. The molecule has 0 saturated carbocycles. The molecular formula is C11H22O2. The smallest absolute Gasteiger partial charge is 0.140 e. The molecule has 0 aromatic heterocycles. The summed E-state index contributed by atoms with van der Waals surface area (Å²) < 4.78 is 0. The molecule has 0 rings (SSSR count). The highest BCUT2D eigenvalue weighted by Gasteiger charge is 2.25. The Bertz CT molecular complexity index is 156. The molecule has 1 atom stereocenters. The minimum Gasteiger partial charge on any atom is -0.396 e. The van der Waals surface area contributed by atoms with Crippen LogP contribution in [0, 0.1) is 11.3 Å². The van der Waals surface area contributed by atoms with E-state index in [2.05, 4.69) is 0 Å². The molecule has 78 valence electrons. The lowest BCUT2D eigenvalue weighted by atomic mass is 9.82. The maximum atomic E-state index is 11.7. The van der Waals surface area contributed by atoms with Gasteiger partial charge in [0.1, 0.15) is 5.78 Å². The summed E-state index contributed by atoms with van der Waals surface area (Å²) >= 11 is 0. The molecule has 0 radical (unpaired) electrons. The molecule has 2 nitrogen and oxygen atoms in total. The van der Waals surface area contributed by atoms with Crippen LogP contribution < -0.4 is 0 Å². The highest BCUT2D eigenvalue weighted by Crippen LogP contribution is 2.22. The van der Waals surface area contributed by atoms with Crippen molar-refractivity contribution in [3.05, 3.63) is 0 Å². The zero-order valence-corrected chi connectivity index (χ0v) is 9.26. The Morgan fingerprint density at radius 1 is 1.31 bits per heavy atom. The number of carbonyl (C=O) groups is 1. The van der Waals surface area contributed by atoms with Crippen molar-refractivity contribution in [1.29, 1.82) is 0 Å². The van der Waals surface area contributed by atoms with E-state index in [9.17, 15) is 4.79 Å². The number of aliphatic hydroxyl groups is 1. The lowest BCUT2D eigenvalue weighted by molar-refractivity contribution is -0.130. The number of ketones is 1. The lowest BCUT2D eigenvalue weighted by Crippen LogP contribution is -2.26. The first-order valence-corrected chi connectivity index (χ1v) is 5.04. The monoisotopic (exact) mass is 186 g/mol. The molecule has 0 fully saturated rings. The summed E-state index contributed by atoms with van der Waals surface area (Å²) in [6.07, 6.45) is 2.65. The summed E-state index contributed by atoms with van der Waals surface area (Å²) in [5, 5.41) is 8.59. The first kappa shape index (κ1) is 12.6. The Kier molecular flexibility index (Phi) is 5.23. The minimum absolute atomic E-state index is 0.131. The molecule has 0 aliphatic carbocycles. The van der Waals surface area contributed by atoms with Crippen LogP contribution in [0.25, 0.3) is 0 Å². The van der Waals surface area contributed by atoms with Gasteiger partial charge in [0.2, 0.25) is 0 Å². The van der Waals surface area contributed by atoms with Crippen molar-refractivity contribution in [3.63, 3.8) is 0 Å². The van der Waals surface area contributed by atoms with Crippen LogP contribution in [0.3, 0.4) is 0 Å². The summed E-state index contributed by atoms with van der Waals surface area (Å²) in [5.74, 6) is 0.456. The van der Waals surface area contributed by atoms with E-state index < -0.39 is 0 Å². The normalized spacial score (nSPS) is 14.2. The minimum atomic E-state index is -0.224. The van der Waals surface area contributed by atoms with E-state index in [4.69, 9.17) is 5.11 Å². The second kappa shape index (κ2) is 5.38. The van der Waals surface area contributed by atoms with Crippen LogP contribution in [0.2, 0.25) is 0 Å². The Labute approximate surface area is 81.3 Å². The van der Waals surface area contributed by atoms with Gasteiger partial charge < -0.3 is 5.11 Å². The lowest BCUT2D eigenvalue weighted by Gasteiger charge is -2.21. The van der Waals surface area contributed by atoms with E-state index in [0.717, 1.165) is 19.3 Å². The number of Topliss-reactive ketones (excluding diaryl/α,β-unsaturated/α-hetero) is 1. The number of rotatable bonds is 5. The molecule has 0 spiro atoms. The van der Waals surface area contributed by atoms with Crippen LogP contribution in [-0.4, -0.2) is 17.5 Å². The Hall–Kier alpha value is -0.370. The summed E-state index contributed by atoms with van der Waals surface area (Å²) in [7, 11) is 0.